The molecule has 0 aliphatic rings. The van der Waals surface area contributed by atoms with Gasteiger partial charge in [-0.15, -0.1) is 0 Å². The van der Waals surface area contributed by atoms with Crippen molar-refractivity contribution in [1.82, 2.24) is 0 Å². The molecule has 0 heterocycles. The van der Waals surface area contributed by atoms with Crippen molar-refractivity contribution in [2.45, 2.75) is 39.8 Å². The van der Waals surface area contributed by atoms with Crippen LogP contribution in [-0.4, -0.2) is 23.6 Å². The first-order valence-corrected chi connectivity index (χ1v) is 11.2. The molecule has 0 unspecified atom stereocenters. The maximum atomic E-state index is 13.2. The second-order valence-electron chi connectivity index (χ2n) is 7.96. The van der Waals surface area contributed by atoms with E-state index in [1.165, 1.54) is 12.1 Å². The van der Waals surface area contributed by atoms with Crippen LogP contribution in [0.2, 0.25) is 0 Å². The van der Waals surface area contributed by atoms with Crippen LogP contribution < -0.4 is 10.1 Å². The summed E-state index contributed by atoms with van der Waals surface area (Å²) in [5.74, 6) is -1.80. The predicted molar refractivity (Wildman–Crippen MR) is 128 cm³/mol. The molecule has 1 amide bonds. The monoisotopic (exact) mass is 485 g/mol. The molecule has 3 aromatic rings. The number of hydrogen-bond donors (Lipinski definition) is 2. The molecule has 0 spiro atoms. The summed E-state index contributed by atoms with van der Waals surface area (Å²) in [7, 11) is 0. The van der Waals surface area contributed by atoms with Gasteiger partial charge in [-0.25, -0.2) is 4.79 Å². The van der Waals surface area contributed by atoms with Crippen LogP contribution in [0.5, 0.6) is 5.75 Å². The first kappa shape index (κ1) is 25.8. The second kappa shape index (κ2) is 10.6. The van der Waals surface area contributed by atoms with Crippen LogP contribution in [0.3, 0.4) is 0 Å². The summed E-state index contributed by atoms with van der Waals surface area (Å²) < 4.78 is 45.4. The van der Waals surface area contributed by atoms with Crippen LogP contribution >= 0.6 is 0 Å². The van der Waals surface area contributed by atoms with Crippen LogP contribution in [0.25, 0.3) is 11.1 Å². The van der Waals surface area contributed by atoms with Gasteiger partial charge in [-0.2, -0.15) is 13.2 Å². The maximum absolute atomic E-state index is 13.2. The van der Waals surface area contributed by atoms with E-state index >= 15 is 0 Å². The molecule has 3 rings (SSSR count). The molecule has 0 aliphatic carbocycles. The fraction of sp³-hybridized carbons (Fsp3) is 0.259. The number of carboxylic acid groups (broad SMARTS) is 1. The Balaban J connectivity index is 2.24. The van der Waals surface area contributed by atoms with Gasteiger partial charge in [-0.1, -0.05) is 50.2 Å². The molecule has 0 radical (unpaired) electrons. The van der Waals surface area contributed by atoms with Crippen LogP contribution in [-0.2, 0) is 12.6 Å². The zero-order valence-electron chi connectivity index (χ0n) is 19.6. The summed E-state index contributed by atoms with van der Waals surface area (Å²) in [5.41, 5.74) is 1.18. The standard InChI is InChI=1S/C27H26F3NO4/c1-4-14-35-24-16(3)23(31-25(32)18-12-9-13-19(15-18)27(28,29)30)20(5-2)21(22(24)26(33)34)17-10-7-6-8-11-17/h6-13,15H,4-5,14H2,1-3H3,(H,31,32)(H,33,34). The molecule has 184 valence electrons. The largest absolute Gasteiger partial charge is 0.492 e. The number of amides is 1. The number of ether oxygens (including phenoxy) is 1. The van der Waals surface area contributed by atoms with Gasteiger partial charge < -0.3 is 15.2 Å². The Bertz CT molecular complexity index is 1240. The Morgan fingerprint density at radius 2 is 1.71 bits per heavy atom. The van der Waals surface area contributed by atoms with Gasteiger partial charge in [0.15, 0.2) is 0 Å². The first-order chi connectivity index (χ1) is 16.6. The minimum Gasteiger partial charge on any atom is -0.492 e. The number of benzene rings is 3. The molecule has 0 saturated heterocycles. The second-order valence-corrected chi connectivity index (χ2v) is 7.96. The lowest BCUT2D eigenvalue weighted by atomic mass is 9.88. The van der Waals surface area contributed by atoms with E-state index in [1.54, 1.807) is 37.3 Å². The molecular weight excluding hydrogens is 459 g/mol. The van der Waals surface area contributed by atoms with Crippen molar-refractivity contribution in [1.29, 1.82) is 0 Å². The van der Waals surface area contributed by atoms with Crippen LogP contribution in [0.15, 0.2) is 54.6 Å². The van der Waals surface area contributed by atoms with E-state index in [2.05, 4.69) is 5.32 Å². The van der Waals surface area contributed by atoms with Crippen LogP contribution in [0, 0.1) is 6.92 Å². The lowest BCUT2D eigenvalue weighted by Gasteiger charge is -2.24. The van der Waals surface area contributed by atoms with E-state index in [0.29, 0.717) is 40.8 Å². The molecule has 0 saturated carbocycles. The van der Waals surface area contributed by atoms with Crippen molar-refractivity contribution >= 4 is 17.6 Å². The number of halogens is 3. The summed E-state index contributed by atoms with van der Waals surface area (Å²) in [6.07, 6.45) is -3.61. The topological polar surface area (TPSA) is 75.6 Å². The fourth-order valence-electron chi connectivity index (χ4n) is 3.97. The van der Waals surface area contributed by atoms with E-state index in [1.807, 2.05) is 13.8 Å². The molecule has 0 fully saturated rings. The number of rotatable bonds is 8. The maximum Gasteiger partial charge on any atom is 0.416 e. The highest BCUT2D eigenvalue weighted by molar-refractivity contribution is 6.08. The van der Waals surface area contributed by atoms with Gasteiger partial charge in [0, 0.05) is 16.7 Å². The zero-order valence-corrected chi connectivity index (χ0v) is 19.6. The highest BCUT2D eigenvalue weighted by Crippen LogP contribution is 2.43. The highest BCUT2D eigenvalue weighted by atomic mass is 19.4. The van der Waals surface area contributed by atoms with Gasteiger partial charge in [-0.05, 0) is 49.1 Å². The third kappa shape index (κ3) is 5.48. The summed E-state index contributed by atoms with van der Waals surface area (Å²) in [6.45, 7) is 5.58. The molecule has 2 N–H and O–H groups in total. The van der Waals surface area contributed by atoms with Crippen LogP contribution in [0.1, 0.15) is 57.7 Å². The molecular formula is C27H26F3NO4. The number of carboxylic acids is 1. The molecule has 5 nitrogen and oxygen atoms in total. The van der Waals surface area contributed by atoms with Crippen molar-refractivity contribution in [3.63, 3.8) is 0 Å². The molecule has 0 atom stereocenters. The van der Waals surface area contributed by atoms with Crippen molar-refractivity contribution in [3.05, 3.63) is 82.4 Å². The van der Waals surface area contributed by atoms with E-state index in [-0.39, 0.29) is 23.5 Å². The average Bonchev–Trinajstić information content (AvgIpc) is 2.83. The van der Waals surface area contributed by atoms with Crippen molar-refractivity contribution < 1.29 is 32.6 Å². The van der Waals surface area contributed by atoms with Crippen LogP contribution in [0.4, 0.5) is 18.9 Å². The Morgan fingerprint density at radius 1 is 1.03 bits per heavy atom. The first-order valence-electron chi connectivity index (χ1n) is 11.2. The lowest BCUT2D eigenvalue weighted by Crippen LogP contribution is -2.18. The number of hydrogen-bond acceptors (Lipinski definition) is 3. The van der Waals surface area contributed by atoms with E-state index < -0.39 is 23.6 Å². The Kier molecular flexibility index (Phi) is 7.84. The number of carbonyl (C=O) groups excluding carboxylic acids is 1. The summed E-state index contributed by atoms with van der Waals surface area (Å²) in [6, 6.07) is 13.0. The SMILES string of the molecule is CCCOc1c(C)c(NC(=O)c2cccc(C(F)(F)F)c2)c(CC)c(-c2ccccc2)c1C(=O)O. The smallest absolute Gasteiger partial charge is 0.416 e. The van der Waals surface area contributed by atoms with E-state index in [9.17, 15) is 27.9 Å². The normalized spacial score (nSPS) is 11.3. The summed E-state index contributed by atoms with van der Waals surface area (Å²) >= 11 is 0. The minimum atomic E-state index is -4.59. The minimum absolute atomic E-state index is 0.0175. The van der Waals surface area contributed by atoms with Crippen molar-refractivity contribution in [3.8, 4) is 16.9 Å². The number of nitrogens with one attached hydrogen (secondary N) is 1. The lowest BCUT2D eigenvalue weighted by molar-refractivity contribution is -0.137. The number of carbonyl (C=O) groups is 2. The van der Waals surface area contributed by atoms with Crippen molar-refractivity contribution in [2.24, 2.45) is 0 Å². The molecule has 0 aliphatic heterocycles. The van der Waals surface area contributed by atoms with Gasteiger partial charge in [0.2, 0.25) is 0 Å². The number of anilines is 1. The molecule has 35 heavy (non-hydrogen) atoms. The quantitative estimate of drug-likeness (QED) is 0.361. The fourth-order valence-corrected chi connectivity index (χ4v) is 3.97. The van der Waals surface area contributed by atoms with Crippen molar-refractivity contribution in [2.75, 3.05) is 11.9 Å². The van der Waals surface area contributed by atoms with E-state index in [0.717, 1.165) is 12.1 Å². The molecule has 0 bridgehead atoms. The number of aromatic carboxylic acids is 1. The predicted octanol–water partition coefficient (Wildman–Crippen LogP) is 6.98. The third-order valence-electron chi connectivity index (χ3n) is 5.57. The van der Waals surface area contributed by atoms with Gasteiger partial charge in [-0.3, -0.25) is 4.79 Å². The summed E-state index contributed by atoms with van der Waals surface area (Å²) in [5, 5.41) is 12.9. The Hall–Kier alpha value is -3.81. The third-order valence-corrected chi connectivity index (χ3v) is 5.57. The van der Waals surface area contributed by atoms with Gasteiger partial charge in [0.05, 0.1) is 17.9 Å². The molecule has 3 aromatic carbocycles. The summed E-state index contributed by atoms with van der Waals surface area (Å²) in [4.78, 5) is 25.5. The number of alkyl halides is 3. The van der Waals surface area contributed by atoms with Gasteiger partial charge in [0.1, 0.15) is 11.3 Å². The molecule has 8 heteroatoms. The Labute approximate surface area is 201 Å². The van der Waals surface area contributed by atoms with Gasteiger partial charge >= 0.3 is 12.1 Å². The van der Waals surface area contributed by atoms with Gasteiger partial charge in [0.25, 0.3) is 5.91 Å². The Morgan fingerprint density at radius 3 is 2.29 bits per heavy atom. The molecule has 0 aromatic heterocycles. The average molecular weight is 486 g/mol. The zero-order chi connectivity index (χ0) is 25.8. The highest BCUT2D eigenvalue weighted by Gasteiger charge is 2.32. The van der Waals surface area contributed by atoms with E-state index in [4.69, 9.17) is 4.74 Å².